The summed E-state index contributed by atoms with van der Waals surface area (Å²) in [6, 6.07) is 9.37. The van der Waals surface area contributed by atoms with E-state index in [0.717, 1.165) is 18.2 Å². The summed E-state index contributed by atoms with van der Waals surface area (Å²) in [5.74, 6) is -2.30. The average molecular weight is 358 g/mol. The van der Waals surface area contributed by atoms with E-state index < -0.39 is 29.1 Å². The van der Waals surface area contributed by atoms with E-state index in [2.05, 4.69) is 5.32 Å². The van der Waals surface area contributed by atoms with Gasteiger partial charge in [-0.05, 0) is 31.2 Å². The number of nitrogens with one attached hydrogen (secondary N) is 1. The van der Waals surface area contributed by atoms with Gasteiger partial charge < -0.3 is 15.2 Å². The molecule has 9 heteroatoms. The van der Waals surface area contributed by atoms with Crippen molar-refractivity contribution in [2.45, 2.75) is 6.92 Å². The van der Waals surface area contributed by atoms with Gasteiger partial charge in [0.05, 0.1) is 10.5 Å². The van der Waals surface area contributed by atoms with Gasteiger partial charge in [0, 0.05) is 17.3 Å². The van der Waals surface area contributed by atoms with E-state index in [-0.39, 0.29) is 17.1 Å². The summed E-state index contributed by atoms with van der Waals surface area (Å²) >= 11 is 0. The Labute approximate surface area is 147 Å². The maximum atomic E-state index is 11.9. The van der Waals surface area contributed by atoms with Gasteiger partial charge in [0.15, 0.2) is 18.1 Å². The summed E-state index contributed by atoms with van der Waals surface area (Å²) in [6.45, 7) is 0.863. The van der Waals surface area contributed by atoms with Crippen LogP contribution in [0, 0.1) is 10.1 Å². The molecule has 0 spiro atoms. The number of benzene rings is 2. The average Bonchev–Trinajstić information content (AvgIpc) is 2.59. The third-order valence-corrected chi connectivity index (χ3v) is 3.31. The lowest BCUT2D eigenvalue weighted by atomic mass is 10.1. The van der Waals surface area contributed by atoms with Crippen LogP contribution in [0.3, 0.4) is 0 Å². The first-order chi connectivity index (χ1) is 12.3. The quantitative estimate of drug-likeness (QED) is 0.441. The highest BCUT2D eigenvalue weighted by Gasteiger charge is 2.19. The van der Waals surface area contributed by atoms with E-state index in [9.17, 15) is 24.5 Å². The number of carbonyl (C=O) groups excluding carboxylic acids is 2. The summed E-state index contributed by atoms with van der Waals surface area (Å²) in [6.07, 6.45) is 0. The van der Waals surface area contributed by atoms with Crippen LogP contribution in [0.2, 0.25) is 0 Å². The SMILES string of the molecule is CC(=O)c1cccc(NC(=O)COc2ccc(C(=O)O)cc2[N+](=O)[O-])c1. The molecule has 9 nitrogen and oxygen atoms in total. The first kappa shape index (κ1) is 18.6. The maximum Gasteiger partial charge on any atom is 0.335 e. The number of nitro groups is 1. The van der Waals surface area contributed by atoms with Crippen molar-refractivity contribution in [3.63, 3.8) is 0 Å². The lowest BCUT2D eigenvalue weighted by Crippen LogP contribution is -2.20. The molecule has 134 valence electrons. The smallest absolute Gasteiger partial charge is 0.335 e. The predicted octanol–water partition coefficient (Wildman–Crippen LogP) is 2.51. The van der Waals surface area contributed by atoms with Crippen molar-refractivity contribution in [3.8, 4) is 5.75 Å². The minimum absolute atomic E-state index is 0.161. The molecule has 0 unspecified atom stereocenters. The topological polar surface area (TPSA) is 136 Å². The van der Waals surface area contributed by atoms with Crippen LogP contribution in [0.5, 0.6) is 5.75 Å². The molecule has 0 aromatic heterocycles. The lowest BCUT2D eigenvalue weighted by molar-refractivity contribution is -0.385. The first-order valence-electron chi connectivity index (χ1n) is 7.33. The number of Topliss-reactive ketones (excluding diaryl/α,β-unsaturated/α-hetero) is 1. The summed E-state index contributed by atoms with van der Waals surface area (Å²) in [5.41, 5.74) is -0.0310. The highest BCUT2D eigenvalue weighted by Crippen LogP contribution is 2.28. The molecule has 2 N–H and O–H groups in total. The third kappa shape index (κ3) is 4.63. The molecule has 0 bridgehead atoms. The Hall–Kier alpha value is -3.75. The molecule has 0 aliphatic heterocycles. The van der Waals surface area contributed by atoms with Gasteiger partial charge in [-0.15, -0.1) is 0 Å². The summed E-state index contributed by atoms with van der Waals surface area (Å²) in [5, 5.41) is 22.4. The largest absolute Gasteiger partial charge is 0.478 e. The number of aromatic carboxylic acids is 1. The number of rotatable bonds is 7. The Balaban J connectivity index is 2.07. The van der Waals surface area contributed by atoms with Crippen LogP contribution < -0.4 is 10.1 Å². The second-order valence-electron chi connectivity index (χ2n) is 5.22. The van der Waals surface area contributed by atoms with Crippen LogP contribution in [-0.2, 0) is 4.79 Å². The fraction of sp³-hybridized carbons (Fsp3) is 0.118. The number of anilines is 1. The second-order valence-corrected chi connectivity index (χ2v) is 5.22. The number of nitro benzene ring substituents is 1. The van der Waals surface area contributed by atoms with E-state index in [4.69, 9.17) is 9.84 Å². The van der Waals surface area contributed by atoms with Crippen molar-refractivity contribution in [1.29, 1.82) is 0 Å². The van der Waals surface area contributed by atoms with Crippen molar-refractivity contribution in [1.82, 2.24) is 0 Å². The molecule has 0 aliphatic carbocycles. The first-order valence-corrected chi connectivity index (χ1v) is 7.33. The van der Waals surface area contributed by atoms with Gasteiger partial charge in [0.1, 0.15) is 0 Å². The molecule has 0 fully saturated rings. The third-order valence-electron chi connectivity index (χ3n) is 3.31. The molecule has 2 aromatic rings. The van der Waals surface area contributed by atoms with Gasteiger partial charge in [-0.3, -0.25) is 19.7 Å². The molecule has 0 atom stereocenters. The fourth-order valence-corrected chi connectivity index (χ4v) is 2.07. The van der Waals surface area contributed by atoms with Crippen molar-refractivity contribution in [2.75, 3.05) is 11.9 Å². The van der Waals surface area contributed by atoms with Crippen LogP contribution in [0.4, 0.5) is 11.4 Å². The van der Waals surface area contributed by atoms with Gasteiger partial charge >= 0.3 is 11.7 Å². The highest BCUT2D eigenvalue weighted by molar-refractivity contribution is 5.97. The summed E-state index contributed by atoms with van der Waals surface area (Å²) < 4.78 is 5.13. The number of hydrogen-bond donors (Lipinski definition) is 2. The number of ether oxygens (including phenoxy) is 1. The molecule has 2 aromatic carbocycles. The van der Waals surface area contributed by atoms with Gasteiger partial charge in [0.25, 0.3) is 5.91 Å². The molecule has 0 saturated heterocycles. The monoisotopic (exact) mass is 358 g/mol. The van der Waals surface area contributed by atoms with Crippen LogP contribution >= 0.6 is 0 Å². The fourth-order valence-electron chi connectivity index (χ4n) is 2.07. The molecule has 1 amide bonds. The maximum absolute atomic E-state index is 11.9. The van der Waals surface area contributed by atoms with Crippen LogP contribution in [0.15, 0.2) is 42.5 Å². The number of carbonyl (C=O) groups is 3. The zero-order chi connectivity index (χ0) is 19.3. The Bertz CT molecular complexity index is 892. The molecular weight excluding hydrogens is 344 g/mol. The summed E-state index contributed by atoms with van der Waals surface area (Å²) in [4.78, 5) is 44.4. The number of ketones is 1. The zero-order valence-corrected chi connectivity index (χ0v) is 13.6. The van der Waals surface area contributed by atoms with Gasteiger partial charge in [-0.25, -0.2) is 4.79 Å². The van der Waals surface area contributed by atoms with Crippen LogP contribution in [0.25, 0.3) is 0 Å². The molecule has 0 radical (unpaired) electrons. The number of carboxylic acid groups (broad SMARTS) is 1. The molecule has 26 heavy (non-hydrogen) atoms. The minimum atomic E-state index is -1.32. The van der Waals surface area contributed by atoms with Crippen molar-refractivity contribution in [2.24, 2.45) is 0 Å². The number of amides is 1. The molecule has 2 rings (SSSR count). The summed E-state index contributed by atoms with van der Waals surface area (Å²) in [7, 11) is 0. The Morgan fingerprint density at radius 1 is 1.15 bits per heavy atom. The molecule has 0 heterocycles. The molecule has 0 saturated carbocycles. The van der Waals surface area contributed by atoms with Crippen LogP contribution in [0.1, 0.15) is 27.6 Å². The van der Waals surface area contributed by atoms with Gasteiger partial charge in [0.2, 0.25) is 0 Å². The molecule has 0 aliphatic rings. The van der Waals surface area contributed by atoms with Gasteiger partial charge in [-0.1, -0.05) is 12.1 Å². The lowest BCUT2D eigenvalue weighted by Gasteiger charge is -2.09. The van der Waals surface area contributed by atoms with E-state index in [0.29, 0.717) is 11.3 Å². The zero-order valence-electron chi connectivity index (χ0n) is 13.6. The highest BCUT2D eigenvalue weighted by atomic mass is 16.6. The second kappa shape index (κ2) is 7.88. The van der Waals surface area contributed by atoms with E-state index in [1.165, 1.54) is 13.0 Å². The predicted molar refractivity (Wildman–Crippen MR) is 90.6 cm³/mol. The van der Waals surface area contributed by atoms with Crippen molar-refractivity contribution < 1.29 is 29.2 Å². The standard InChI is InChI=1S/C17H14N2O7/c1-10(20)11-3-2-4-13(7-11)18-16(21)9-26-15-6-5-12(17(22)23)8-14(15)19(24)25/h2-8H,9H2,1H3,(H,18,21)(H,22,23). The van der Waals surface area contributed by atoms with Crippen LogP contribution in [-0.4, -0.2) is 34.3 Å². The number of hydrogen-bond acceptors (Lipinski definition) is 6. The van der Waals surface area contributed by atoms with Gasteiger partial charge in [-0.2, -0.15) is 0 Å². The number of nitrogens with zero attached hydrogens (tertiary/aromatic N) is 1. The normalized spacial score (nSPS) is 10.0. The van der Waals surface area contributed by atoms with E-state index in [1.54, 1.807) is 18.2 Å². The Morgan fingerprint density at radius 2 is 1.88 bits per heavy atom. The Morgan fingerprint density at radius 3 is 2.50 bits per heavy atom. The Kier molecular flexibility index (Phi) is 5.63. The number of carboxylic acids is 1. The van der Waals surface area contributed by atoms with E-state index in [1.807, 2.05) is 0 Å². The minimum Gasteiger partial charge on any atom is -0.478 e. The van der Waals surface area contributed by atoms with E-state index >= 15 is 0 Å². The van der Waals surface area contributed by atoms with Crippen molar-refractivity contribution >= 4 is 29.0 Å². The molecular formula is C17H14N2O7. The van der Waals surface area contributed by atoms with Crippen molar-refractivity contribution in [3.05, 3.63) is 63.7 Å².